The normalized spacial score (nSPS) is 15.7. The van der Waals surface area contributed by atoms with E-state index in [1.807, 2.05) is 57.7 Å². The molecule has 1 N–H and O–H groups in total. The second-order valence-corrected chi connectivity index (χ2v) is 8.22. The average Bonchev–Trinajstić information content (AvgIpc) is 3.21. The molecule has 1 unspecified atom stereocenters. The molecule has 5 rings (SSSR count). The number of hydrogen-bond donors (Lipinski definition) is 1. The molecule has 158 valence electrons. The fraction of sp³-hybridized carbons (Fsp3) is 0.280. The summed E-state index contributed by atoms with van der Waals surface area (Å²) < 4.78 is 9.15. The van der Waals surface area contributed by atoms with Crippen LogP contribution in [0, 0.1) is 0 Å². The number of nitrogens with zero attached hydrogens (tertiary/aromatic N) is 3. The number of hydrogen-bond acceptors (Lipinski definition) is 4. The zero-order valence-electron chi connectivity index (χ0n) is 17.8. The van der Waals surface area contributed by atoms with Crippen molar-refractivity contribution in [3.05, 3.63) is 99.1 Å². The molecular weight excluding hydrogens is 388 g/mol. The quantitative estimate of drug-likeness (QED) is 0.545. The van der Waals surface area contributed by atoms with Gasteiger partial charge in [-0.2, -0.15) is 5.10 Å². The first-order chi connectivity index (χ1) is 15.1. The van der Waals surface area contributed by atoms with Crippen molar-refractivity contribution in [2.45, 2.75) is 38.9 Å². The van der Waals surface area contributed by atoms with E-state index in [0.29, 0.717) is 19.5 Å². The van der Waals surface area contributed by atoms with Crippen LogP contribution in [0.1, 0.15) is 34.9 Å². The lowest BCUT2D eigenvalue weighted by Crippen LogP contribution is -2.40. The average molecular weight is 415 g/mol. The van der Waals surface area contributed by atoms with E-state index in [2.05, 4.69) is 24.4 Å². The summed E-state index contributed by atoms with van der Waals surface area (Å²) in [7, 11) is 1.66. The lowest BCUT2D eigenvalue weighted by atomic mass is 10.0. The maximum absolute atomic E-state index is 13.7. The van der Waals surface area contributed by atoms with Gasteiger partial charge in [-0.1, -0.05) is 42.5 Å². The van der Waals surface area contributed by atoms with Crippen molar-refractivity contribution < 1.29 is 4.74 Å². The van der Waals surface area contributed by atoms with Gasteiger partial charge in [-0.15, -0.1) is 0 Å². The van der Waals surface area contributed by atoms with Gasteiger partial charge < -0.3 is 10.1 Å². The van der Waals surface area contributed by atoms with Crippen LogP contribution in [0.25, 0.3) is 5.65 Å². The summed E-state index contributed by atoms with van der Waals surface area (Å²) in [5.41, 5.74) is 6.11. The highest BCUT2D eigenvalue weighted by molar-refractivity contribution is 5.53. The molecule has 0 fully saturated rings. The number of methoxy groups -OCH3 is 1. The lowest BCUT2D eigenvalue weighted by Gasteiger charge is -2.25. The molecule has 2 aromatic carbocycles. The Bertz CT molecular complexity index is 1270. The lowest BCUT2D eigenvalue weighted by molar-refractivity contribution is 0.414. The van der Waals surface area contributed by atoms with E-state index in [-0.39, 0.29) is 11.6 Å². The summed E-state index contributed by atoms with van der Waals surface area (Å²) in [6.07, 6.45) is 3.35. The van der Waals surface area contributed by atoms with Gasteiger partial charge in [-0.3, -0.25) is 9.36 Å². The molecule has 0 bridgehead atoms. The predicted octanol–water partition coefficient (Wildman–Crippen LogP) is 3.18. The molecule has 31 heavy (non-hydrogen) atoms. The van der Waals surface area contributed by atoms with E-state index in [1.165, 1.54) is 5.56 Å². The highest BCUT2D eigenvalue weighted by Gasteiger charge is 2.25. The maximum Gasteiger partial charge on any atom is 0.257 e. The minimum atomic E-state index is 0.0847. The Labute approximate surface area is 181 Å². The van der Waals surface area contributed by atoms with Gasteiger partial charge in [0.15, 0.2) is 0 Å². The second-order valence-electron chi connectivity index (χ2n) is 8.22. The van der Waals surface area contributed by atoms with Crippen LogP contribution < -0.4 is 15.6 Å². The van der Waals surface area contributed by atoms with Crippen LogP contribution in [0.5, 0.6) is 5.75 Å². The van der Waals surface area contributed by atoms with Gasteiger partial charge >= 0.3 is 0 Å². The van der Waals surface area contributed by atoms with E-state index in [4.69, 9.17) is 9.84 Å². The van der Waals surface area contributed by atoms with Crippen LogP contribution in [0.2, 0.25) is 0 Å². The molecule has 6 nitrogen and oxygen atoms in total. The van der Waals surface area contributed by atoms with Gasteiger partial charge in [0.2, 0.25) is 0 Å². The highest BCUT2D eigenvalue weighted by atomic mass is 16.5. The largest absolute Gasteiger partial charge is 0.497 e. The summed E-state index contributed by atoms with van der Waals surface area (Å²) in [6.45, 7) is 3.26. The minimum Gasteiger partial charge on any atom is -0.497 e. The highest BCUT2D eigenvalue weighted by Crippen LogP contribution is 2.22. The first-order valence-corrected chi connectivity index (χ1v) is 10.7. The fourth-order valence-corrected chi connectivity index (χ4v) is 4.41. The molecule has 1 aliphatic heterocycles. The van der Waals surface area contributed by atoms with Crippen molar-refractivity contribution in [3.8, 4) is 5.75 Å². The van der Waals surface area contributed by atoms with Crippen molar-refractivity contribution >= 4 is 5.65 Å². The van der Waals surface area contributed by atoms with Crippen LogP contribution in [0.15, 0.2) is 65.6 Å². The van der Waals surface area contributed by atoms with Gasteiger partial charge in [-0.25, -0.2) is 4.52 Å². The number of fused-ring (bicyclic) bond motifs is 3. The van der Waals surface area contributed by atoms with Crippen molar-refractivity contribution in [3.63, 3.8) is 0 Å². The molecule has 1 atom stereocenters. The van der Waals surface area contributed by atoms with Crippen LogP contribution in [0.4, 0.5) is 0 Å². The molecular formula is C25H26N4O2. The van der Waals surface area contributed by atoms with E-state index < -0.39 is 0 Å². The molecule has 0 radical (unpaired) electrons. The van der Waals surface area contributed by atoms with Gasteiger partial charge in [0, 0.05) is 30.1 Å². The number of aromatic nitrogens is 3. The van der Waals surface area contributed by atoms with Gasteiger partial charge in [0.25, 0.3) is 5.56 Å². The Balaban J connectivity index is 1.67. The summed E-state index contributed by atoms with van der Waals surface area (Å²) >= 11 is 0. The zero-order chi connectivity index (χ0) is 21.4. The van der Waals surface area contributed by atoms with Gasteiger partial charge in [0.05, 0.1) is 25.5 Å². The topological polar surface area (TPSA) is 60.6 Å². The minimum absolute atomic E-state index is 0.0847. The third-order valence-corrected chi connectivity index (χ3v) is 6.05. The fourth-order valence-electron chi connectivity index (χ4n) is 4.41. The molecule has 1 aliphatic rings. The Morgan fingerprint density at radius 2 is 1.87 bits per heavy atom. The van der Waals surface area contributed by atoms with Crippen molar-refractivity contribution in [2.24, 2.45) is 0 Å². The number of rotatable bonds is 5. The molecule has 4 aromatic rings. The molecule has 2 aromatic heterocycles. The Morgan fingerprint density at radius 3 is 2.61 bits per heavy atom. The molecule has 3 heterocycles. The van der Waals surface area contributed by atoms with Crippen molar-refractivity contribution in [1.82, 2.24) is 19.5 Å². The van der Waals surface area contributed by atoms with E-state index in [9.17, 15) is 4.79 Å². The van der Waals surface area contributed by atoms with E-state index >= 15 is 0 Å². The van der Waals surface area contributed by atoms with Crippen molar-refractivity contribution in [1.29, 1.82) is 0 Å². The number of benzene rings is 2. The van der Waals surface area contributed by atoms with E-state index in [0.717, 1.165) is 40.2 Å². The Hall–Kier alpha value is -3.38. The van der Waals surface area contributed by atoms with Crippen LogP contribution in [-0.4, -0.2) is 27.3 Å². The standard InChI is InChI=1S/C25H26N4O2/c1-17-12-22-23(15-26-17)29-24(20(14-27-29)13-18-6-4-3-5-7-18)28(25(22)30)16-19-8-10-21(31-2)11-9-19/h3-11,14,17,26H,12-13,15-16H2,1-2H3. The summed E-state index contributed by atoms with van der Waals surface area (Å²) in [5.74, 6) is 0.806. The molecule has 6 heteroatoms. The third kappa shape index (κ3) is 3.64. The van der Waals surface area contributed by atoms with Gasteiger partial charge in [0.1, 0.15) is 11.4 Å². The first-order valence-electron chi connectivity index (χ1n) is 10.7. The zero-order valence-corrected chi connectivity index (χ0v) is 17.8. The molecule has 0 aliphatic carbocycles. The van der Waals surface area contributed by atoms with E-state index in [1.54, 1.807) is 7.11 Å². The summed E-state index contributed by atoms with van der Waals surface area (Å²) in [4.78, 5) is 13.7. The Kier molecular flexibility index (Phi) is 5.08. The van der Waals surface area contributed by atoms with Crippen LogP contribution in [-0.2, 0) is 25.9 Å². The Morgan fingerprint density at radius 1 is 1.10 bits per heavy atom. The smallest absolute Gasteiger partial charge is 0.257 e. The predicted molar refractivity (Wildman–Crippen MR) is 121 cm³/mol. The monoisotopic (exact) mass is 414 g/mol. The van der Waals surface area contributed by atoms with Gasteiger partial charge in [-0.05, 0) is 36.6 Å². The molecule has 0 saturated heterocycles. The maximum atomic E-state index is 13.7. The molecule has 0 saturated carbocycles. The molecule has 0 spiro atoms. The van der Waals surface area contributed by atoms with Crippen LogP contribution in [0.3, 0.4) is 0 Å². The SMILES string of the molecule is COc1ccc(Cn2c(=O)c3c(n4ncc(Cc5ccccc5)c24)CNC(C)C3)cc1. The second kappa shape index (κ2) is 8.04. The number of ether oxygens (including phenoxy) is 1. The number of nitrogens with one attached hydrogen (secondary N) is 1. The first kappa shape index (κ1) is 19.6. The van der Waals surface area contributed by atoms with Crippen molar-refractivity contribution in [2.75, 3.05) is 7.11 Å². The summed E-state index contributed by atoms with van der Waals surface area (Å²) in [6, 6.07) is 18.5. The van der Waals surface area contributed by atoms with Crippen LogP contribution >= 0.6 is 0 Å². The third-order valence-electron chi connectivity index (χ3n) is 6.05. The molecule has 0 amide bonds. The summed E-state index contributed by atoms with van der Waals surface area (Å²) in [5, 5.41) is 8.20.